The molecule has 4 rings (SSSR count). The summed E-state index contributed by atoms with van der Waals surface area (Å²) in [6.45, 7) is 1.85. The van der Waals surface area contributed by atoms with Crippen LogP contribution in [0, 0.1) is 6.92 Å². The third-order valence-electron chi connectivity index (χ3n) is 5.38. The lowest BCUT2D eigenvalue weighted by atomic mass is 9.97. The molecule has 9 heteroatoms. The summed E-state index contributed by atoms with van der Waals surface area (Å²) in [5, 5.41) is 1.72. The fourth-order valence-corrected chi connectivity index (χ4v) is 5.82. The predicted molar refractivity (Wildman–Crippen MR) is 146 cm³/mol. The molecular formula is C25H20O4S5. The molecule has 0 heterocycles. The molecule has 4 nitrogen and oxygen atoms in total. The predicted octanol–water partition coefficient (Wildman–Crippen LogP) is 6.50. The molecule has 0 bridgehead atoms. The highest BCUT2D eigenvalue weighted by Gasteiger charge is 2.27. The van der Waals surface area contributed by atoms with Crippen LogP contribution >= 0.6 is 50.5 Å². The second-order valence-electron chi connectivity index (χ2n) is 7.68. The number of hydrogen-bond acceptors (Lipinski definition) is 8. The zero-order valence-corrected chi connectivity index (χ0v) is 22.3. The van der Waals surface area contributed by atoms with E-state index in [4.69, 9.17) is 4.18 Å². The number of Topliss-reactive ketones (excluding diaryl/α,β-unsaturated/α-hetero) is 1. The number of rotatable bonds is 6. The average Bonchev–Trinajstić information content (AvgIpc) is 2.83. The Bertz CT molecular complexity index is 1520. The van der Waals surface area contributed by atoms with E-state index < -0.39 is 10.1 Å². The van der Waals surface area contributed by atoms with E-state index in [-0.39, 0.29) is 33.3 Å². The standard InChI is InChI=1S/C25H20O4S5/c1-14-9-11-16(12-10-14)34(27,28)29-21-19(22(30)24(32)25(33)23(21)31)13-20(26)18-8-4-6-15-5-2-3-7-17(15)18/h2-12,30-33H,13H2,1H3. The van der Waals surface area contributed by atoms with Crippen LogP contribution in [-0.4, -0.2) is 14.2 Å². The van der Waals surface area contributed by atoms with E-state index in [0.29, 0.717) is 20.2 Å². The van der Waals surface area contributed by atoms with Gasteiger partial charge in [0.25, 0.3) is 0 Å². The Kier molecular flexibility index (Phi) is 7.30. The Morgan fingerprint density at radius 2 is 1.41 bits per heavy atom. The number of ketones is 1. The molecule has 0 saturated heterocycles. The van der Waals surface area contributed by atoms with Crippen molar-refractivity contribution in [1.82, 2.24) is 0 Å². The highest BCUT2D eigenvalue weighted by molar-refractivity contribution is 7.87. The SMILES string of the molecule is Cc1ccc(S(=O)(=O)Oc2c(S)c(S)c(S)c(S)c2CC(=O)c2cccc3ccccc23)cc1. The zero-order chi connectivity index (χ0) is 24.6. The number of carbonyl (C=O) groups excluding carboxylic acids is 1. The maximum absolute atomic E-state index is 13.4. The molecule has 0 aliphatic heterocycles. The summed E-state index contributed by atoms with van der Waals surface area (Å²) < 4.78 is 31.6. The molecule has 4 aromatic rings. The first-order valence-corrected chi connectivity index (χ1v) is 13.3. The smallest absolute Gasteiger partial charge is 0.339 e. The number of fused-ring (bicyclic) bond motifs is 1. The highest BCUT2D eigenvalue weighted by Crippen LogP contribution is 2.44. The Morgan fingerprint density at radius 3 is 2.12 bits per heavy atom. The number of aryl methyl sites for hydroxylation is 1. The largest absolute Gasteiger partial charge is 0.377 e. The topological polar surface area (TPSA) is 60.4 Å². The van der Waals surface area contributed by atoms with Gasteiger partial charge in [-0.3, -0.25) is 4.79 Å². The summed E-state index contributed by atoms with van der Waals surface area (Å²) in [6.07, 6.45) is -0.166. The normalized spacial score (nSPS) is 11.6. The van der Waals surface area contributed by atoms with Crippen molar-refractivity contribution in [2.24, 2.45) is 0 Å². The van der Waals surface area contributed by atoms with E-state index in [1.54, 1.807) is 24.3 Å². The minimum Gasteiger partial charge on any atom is -0.377 e. The van der Waals surface area contributed by atoms with Crippen LogP contribution in [0.1, 0.15) is 21.5 Å². The number of benzene rings is 4. The van der Waals surface area contributed by atoms with Crippen LogP contribution in [0.5, 0.6) is 5.75 Å². The van der Waals surface area contributed by atoms with Crippen molar-refractivity contribution in [2.75, 3.05) is 0 Å². The van der Waals surface area contributed by atoms with Crippen molar-refractivity contribution < 1.29 is 17.4 Å². The molecule has 0 atom stereocenters. The minimum absolute atomic E-state index is 0.0199. The van der Waals surface area contributed by atoms with Crippen LogP contribution in [0.3, 0.4) is 0 Å². The van der Waals surface area contributed by atoms with Crippen molar-refractivity contribution in [3.05, 3.63) is 83.4 Å². The number of thiol groups is 4. The van der Waals surface area contributed by atoms with Crippen LogP contribution in [-0.2, 0) is 16.5 Å². The molecule has 34 heavy (non-hydrogen) atoms. The van der Waals surface area contributed by atoms with Gasteiger partial charge in [-0.05, 0) is 29.8 Å². The fourth-order valence-electron chi connectivity index (χ4n) is 3.57. The molecule has 0 N–H and O–H groups in total. The van der Waals surface area contributed by atoms with E-state index in [1.165, 1.54) is 12.1 Å². The lowest BCUT2D eigenvalue weighted by Gasteiger charge is -2.19. The molecule has 0 spiro atoms. The van der Waals surface area contributed by atoms with E-state index in [9.17, 15) is 13.2 Å². The summed E-state index contributed by atoms with van der Waals surface area (Å²) in [5.74, 6) is -0.317. The summed E-state index contributed by atoms with van der Waals surface area (Å²) in [5.41, 5.74) is 1.68. The van der Waals surface area contributed by atoms with E-state index in [2.05, 4.69) is 50.5 Å². The molecule has 0 aliphatic rings. The summed E-state index contributed by atoms with van der Waals surface area (Å²) >= 11 is 17.8. The van der Waals surface area contributed by atoms with Crippen molar-refractivity contribution in [3.8, 4) is 5.75 Å². The van der Waals surface area contributed by atoms with Crippen molar-refractivity contribution in [1.29, 1.82) is 0 Å². The summed E-state index contributed by atoms with van der Waals surface area (Å²) in [4.78, 5) is 14.5. The summed E-state index contributed by atoms with van der Waals surface area (Å²) in [6, 6.07) is 19.3. The van der Waals surface area contributed by atoms with Crippen LogP contribution in [0.15, 0.2) is 91.2 Å². The molecule has 0 amide bonds. The average molecular weight is 545 g/mol. The maximum Gasteiger partial charge on any atom is 0.339 e. The van der Waals surface area contributed by atoms with Crippen molar-refractivity contribution >= 4 is 77.2 Å². The quantitative estimate of drug-likeness (QED) is 0.127. The first kappa shape index (κ1) is 25.1. The molecule has 4 aromatic carbocycles. The third kappa shape index (κ3) is 4.85. The summed E-state index contributed by atoms with van der Waals surface area (Å²) in [7, 11) is -4.21. The van der Waals surface area contributed by atoms with Gasteiger partial charge in [-0.2, -0.15) is 8.42 Å². The van der Waals surface area contributed by atoms with Crippen LogP contribution in [0.2, 0.25) is 0 Å². The molecule has 0 aliphatic carbocycles. The van der Waals surface area contributed by atoms with Crippen molar-refractivity contribution in [2.45, 2.75) is 37.8 Å². The Balaban J connectivity index is 1.81. The van der Waals surface area contributed by atoms with Gasteiger partial charge in [0.1, 0.15) is 4.90 Å². The van der Waals surface area contributed by atoms with E-state index in [0.717, 1.165) is 16.3 Å². The van der Waals surface area contributed by atoms with Crippen LogP contribution in [0.25, 0.3) is 10.8 Å². The maximum atomic E-state index is 13.4. The van der Waals surface area contributed by atoms with Crippen LogP contribution < -0.4 is 4.18 Å². The Morgan fingerprint density at radius 1 is 0.794 bits per heavy atom. The Hall–Kier alpha value is -2.04. The highest BCUT2D eigenvalue weighted by atomic mass is 32.2. The van der Waals surface area contributed by atoms with Gasteiger partial charge in [0.05, 0.1) is 4.90 Å². The van der Waals surface area contributed by atoms with Gasteiger partial charge < -0.3 is 4.18 Å². The van der Waals surface area contributed by atoms with Crippen molar-refractivity contribution in [3.63, 3.8) is 0 Å². The number of hydrogen-bond donors (Lipinski definition) is 4. The first-order valence-electron chi connectivity index (χ1n) is 10.1. The molecule has 174 valence electrons. The molecule has 0 radical (unpaired) electrons. The third-order valence-corrected chi connectivity index (χ3v) is 8.96. The fraction of sp³-hybridized carbons (Fsp3) is 0.0800. The van der Waals surface area contributed by atoms with Gasteiger partial charge in [-0.15, -0.1) is 50.5 Å². The monoisotopic (exact) mass is 544 g/mol. The van der Waals surface area contributed by atoms with Gasteiger partial charge in [-0.1, -0.05) is 60.2 Å². The van der Waals surface area contributed by atoms with Gasteiger partial charge in [0.2, 0.25) is 0 Å². The molecule has 0 aromatic heterocycles. The molecule has 0 unspecified atom stereocenters. The Labute approximate surface area is 220 Å². The second kappa shape index (κ2) is 9.91. The van der Waals surface area contributed by atoms with Gasteiger partial charge in [-0.25, -0.2) is 0 Å². The van der Waals surface area contributed by atoms with Crippen LogP contribution in [0.4, 0.5) is 0 Å². The molecule has 0 fully saturated rings. The lowest BCUT2D eigenvalue weighted by molar-refractivity contribution is 0.0993. The van der Waals surface area contributed by atoms with Gasteiger partial charge >= 0.3 is 10.1 Å². The van der Waals surface area contributed by atoms with E-state index >= 15 is 0 Å². The number of carbonyl (C=O) groups is 1. The zero-order valence-electron chi connectivity index (χ0n) is 17.9. The first-order chi connectivity index (χ1) is 16.1. The molecular weight excluding hydrogens is 525 g/mol. The van der Waals surface area contributed by atoms with E-state index in [1.807, 2.05) is 37.3 Å². The van der Waals surface area contributed by atoms with Gasteiger partial charge in [0.15, 0.2) is 11.5 Å². The second-order valence-corrected chi connectivity index (χ2v) is 11.0. The molecule has 0 saturated carbocycles. The minimum atomic E-state index is -4.21. The van der Waals surface area contributed by atoms with Gasteiger partial charge in [0, 0.05) is 32.2 Å². The lowest BCUT2D eigenvalue weighted by Crippen LogP contribution is -2.14.